The maximum Gasteiger partial charge on any atom is 0.242 e. The van der Waals surface area contributed by atoms with Gasteiger partial charge in [0.15, 0.2) is 0 Å². The van der Waals surface area contributed by atoms with Gasteiger partial charge in [0.2, 0.25) is 21.1 Å². The van der Waals surface area contributed by atoms with Crippen molar-refractivity contribution in [3.63, 3.8) is 0 Å². The molecule has 1 heterocycles. The molecule has 2 N–H and O–H groups in total. The Hall–Kier alpha value is -2.76. The number of benzene rings is 2. The van der Waals surface area contributed by atoms with E-state index in [9.17, 15) is 13.2 Å². The lowest BCUT2D eigenvalue weighted by atomic mass is 10.1. The minimum atomic E-state index is -3.55. The van der Waals surface area contributed by atoms with Crippen molar-refractivity contribution >= 4 is 33.4 Å². The Balaban J connectivity index is 1.80. The zero-order valence-electron chi connectivity index (χ0n) is 15.8. The Morgan fingerprint density at radius 3 is 2.41 bits per heavy atom. The third kappa shape index (κ3) is 5.19. The number of aryl methyl sites for hydroxylation is 1. The number of nitrogens with one attached hydrogen (secondary N) is 2. The first-order chi connectivity index (χ1) is 13.9. The van der Waals surface area contributed by atoms with E-state index in [0.717, 1.165) is 5.56 Å². The molecular formula is C18H20N6O3S2. The minimum absolute atomic E-state index is 0.136. The van der Waals surface area contributed by atoms with Gasteiger partial charge in [0, 0.05) is 19.3 Å². The summed E-state index contributed by atoms with van der Waals surface area (Å²) in [7, 11) is -1.85. The van der Waals surface area contributed by atoms with E-state index in [0.29, 0.717) is 17.4 Å². The molecule has 0 aliphatic rings. The van der Waals surface area contributed by atoms with E-state index in [1.807, 2.05) is 30.3 Å². The average Bonchev–Trinajstić information content (AvgIpc) is 3.11. The van der Waals surface area contributed by atoms with E-state index in [1.165, 1.54) is 28.6 Å². The first kappa shape index (κ1) is 21.0. The zero-order valence-corrected chi connectivity index (χ0v) is 17.4. The fraction of sp³-hybridized carbons (Fsp3) is 0.222. The number of tetrazole rings is 1. The van der Waals surface area contributed by atoms with Crippen LogP contribution in [-0.2, 0) is 21.9 Å². The summed E-state index contributed by atoms with van der Waals surface area (Å²) in [6.45, 7) is 2.01. The number of nitrogens with zero attached hydrogens (tertiary/aromatic N) is 4. The second-order valence-corrected chi connectivity index (χ2v) is 8.85. The van der Waals surface area contributed by atoms with Crippen molar-refractivity contribution < 1.29 is 13.2 Å². The molecule has 0 aliphatic carbocycles. The van der Waals surface area contributed by atoms with Crippen LogP contribution in [0.2, 0.25) is 0 Å². The molecule has 0 radical (unpaired) electrons. The second-order valence-electron chi connectivity index (χ2n) is 6.01. The number of aromatic nitrogens is 4. The monoisotopic (exact) mass is 432 g/mol. The van der Waals surface area contributed by atoms with Gasteiger partial charge < -0.3 is 5.32 Å². The quantitative estimate of drug-likeness (QED) is 0.522. The highest BCUT2D eigenvalue weighted by atomic mass is 32.2. The highest BCUT2D eigenvalue weighted by Crippen LogP contribution is 2.34. The predicted molar refractivity (Wildman–Crippen MR) is 110 cm³/mol. The summed E-state index contributed by atoms with van der Waals surface area (Å²) in [5.74, 6) is -0.272. The van der Waals surface area contributed by atoms with Crippen molar-refractivity contribution in [1.29, 1.82) is 0 Å². The second kappa shape index (κ2) is 9.16. The van der Waals surface area contributed by atoms with Crippen LogP contribution >= 0.6 is 11.8 Å². The molecule has 9 nitrogen and oxygen atoms in total. The predicted octanol–water partition coefficient (Wildman–Crippen LogP) is 1.98. The molecule has 1 aromatic heterocycles. The van der Waals surface area contributed by atoms with Crippen molar-refractivity contribution in [2.75, 3.05) is 11.9 Å². The normalized spacial score (nSPS) is 12.5. The summed E-state index contributed by atoms with van der Waals surface area (Å²) in [5, 5.41) is 14.1. The van der Waals surface area contributed by atoms with Gasteiger partial charge in [0.25, 0.3) is 0 Å². The Morgan fingerprint density at radius 2 is 1.83 bits per heavy atom. The largest absolute Gasteiger partial charge is 0.325 e. The fourth-order valence-corrected chi connectivity index (χ4v) is 4.51. The SMILES string of the molecule is CCNS(=O)(=O)c1ccc(NC(=O)C(Sc2nnnn2C)c2ccccc2)cc1. The van der Waals surface area contributed by atoms with E-state index in [4.69, 9.17) is 0 Å². The molecule has 152 valence electrons. The molecule has 0 saturated carbocycles. The van der Waals surface area contributed by atoms with Crippen molar-refractivity contribution in [3.8, 4) is 0 Å². The first-order valence-electron chi connectivity index (χ1n) is 8.75. The maximum atomic E-state index is 13.0. The zero-order chi connectivity index (χ0) is 20.9. The molecular weight excluding hydrogens is 412 g/mol. The van der Waals surface area contributed by atoms with Crippen LogP contribution in [0, 0.1) is 0 Å². The summed E-state index contributed by atoms with van der Waals surface area (Å²) < 4.78 is 28.0. The first-order valence-corrected chi connectivity index (χ1v) is 11.1. The average molecular weight is 433 g/mol. The highest BCUT2D eigenvalue weighted by Gasteiger charge is 2.24. The third-order valence-electron chi connectivity index (χ3n) is 3.91. The maximum absolute atomic E-state index is 13.0. The Bertz CT molecular complexity index is 1070. The van der Waals surface area contributed by atoms with Gasteiger partial charge in [-0.15, -0.1) is 5.10 Å². The molecule has 1 amide bonds. The number of hydrogen-bond acceptors (Lipinski definition) is 7. The smallest absolute Gasteiger partial charge is 0.242 e. The number of thioether (sulfide) groups is 1. The van der Waals surface area contributed by atoms with Gasteiger partial charge in [-0.3, -0.25) is 4.79 Å². The lowest BCUT2D eigenvalue weighted by molar-refractivity contribution is -0.115. The Labute approximate surface area is 172 Å². The molecule has 1 atom stereocenters. The third-order valence-corrected chi connectivity index (χ3v) is 6.75. The van der Waals surface area contributed by atoms with Crippen LogP contribution in [-0.4, -0.2) is 41.1 Å². The van der Waals surface area contributed by atoms with E-state index < -0.39 is 15.3 Å². The molecule has 29 heavy (non-hydrogen) atoms. The van der Waals surface area contributed by atoms with Crippen LogP contribution in [0.3, 0.4) is 0 Å². The summed E-state index contributed by atoms with van der Waals surface area (Å²) in [4.78, 5) is 13.1. The minimum Gasteiger partial charge on any atom is -0.325 e. The van der Waals surface area contributed by atoms with Gasteiger partial charge in [-0.1, -0.05) is 49.0 Å². The number of hydrogen-bond donors (Lipinski definition) is 2. The molecule has 0 aliphatic heterocycles. The molecule has 0 fully saturated rings. The fourth-order valence-electron chi connectivity index (χ4n) is 2.53. The van der Waals surface area contributed by atoms with Gasteiger partial charge in [0.1, 0.15) is 5.25 Å². The van der Waals surface area contributed by atoms with Crippen LogP contribution < -0.4 is 10.0 Å². The van der Waals surface area contributed by atoms with Crippen molar-refractivity contribution in [1.82, 2.24) is 24.9 Å². The van der Waals surface area contributed by atoms with Crippen LogP contribution in [0.25, 0.3) is 0 Å². The lowest BCUT2D eigenvalue weighted by Gasteiger charge is -2.16. The summed E-state index contributed by atoms with van der Waals surface area (Å²) in [6.07, 6.45) is 0. The van der Waals surface area contributed by atoms with Gasteiger partial charge in [-0.25, -0.2) is 17.8 Å². The molecule has 3 rings (SSSR count). The van der Waals surface area contributed by atoms with Crippen LogP contribution in [0.1, 0.15) is 17.7 Å². The van der Waals surface area contributed by atoms with Crippen LogP contribution in [0.5, 0.6) is 0 Å². The topological polar surface area (TPSA) is 119 Å². The van der Waals surface area contributed by atoms with Gasteiger partial charge in [0.05, 0.1) is 4.90 Å². The standard InChI is InChI=1S/C18H20N6O3S2/c1-3-19-29(26,27)15-11-9-14(10-12-15)20-17(25)16(13-7-5-4-6-8-13)28-18-21-22-23-24(18)2/h4-12,16,19H,3H2,1-2H3,(H,20,25). The van der Waals surface area contributed by atoms with E-state index in [2.05, 4.69) is 25.6 Å². The Morgan fingerprint density at radius 1 is 1.14 bits per heavy atom. The van der Waals surface area contributed by atoms with Gasteiger partial charge in [-0.05, 0) is 40.3 Å². The van der Waals surface area contributed by atoms with Crippen LogP contribution in [0.4, 0.5) is 5.69 Å². The molecule has 11 heteroatoms. The number of carbonyl (C=O) groups is 1. The van der Waals surface area contributed by atoms with Gasteiger partial charge >= 0.3 is 0 Å². The van der Waals surface area contributed by atoms with E-state index >= 15 is 0 Å². The summed E-state index contributed by atoms with van der Waals surface area (Å²) >= 11 is 1.23. The molecule has 3 aromatic rings. The van der Waals surface area contributed by atoms with Crippen molar-refractivity contribution in [2.24, 2.45) is 7.05 Å². The number of amides is 1. The summed E-state index contributed by atoms with van der Waals surface area (Å²) in [6, 6.07) is 15.3. The molecule has 0 saturated heterocycles. The van der Waals surface area contributed by atoms with Crippen LogP contribution in [0.15, 0.2) is 64.6 Å². The van der Waals surface area contributed by atoms with E-state index in [-0.39, 0.29) is 10.8 Å². The van der Waals surface area contributed by atoms with Crippen molar-refractivity contribution in [3.05, 3.63) is 60.2 Å². The molecule has 0 bridgehead atoms. The Kier molecular flexibility index (Phi) is 6.62. The summed E-state index contributed by atoms with van der Waals surface area (Å²) in [5.41, 5.74) is 1.28. The highest BCUT2D eigenvalue weighted by molar-refractivity contribution is 8.00. The lowest BCUT2D eigenvalue weighted by Crippen LogP contribution is -2.23. The van der Waals surface area contributed by atoms with E-state index in [1.54, 1.807) is 26.1 Å². The molecule has 2 aromatic carbocycles. The van der Waals surface area contributed by atoms with Crippen molar-refractivity contribution in [2.45, 2.75) is 22.2 Å². The number of carbonyl (C=O) groups excluding carboxylic acids is 1. The molecule has 0 spiro atoms. The number of anilines is 1. The van der Waals surface area contributed by atoms with Gasteiger partial charge in [-0.2, -0.15) is 0 Å². The number of rotatable bonds is 8. The number of sulfonamides is 1. The molecule has 1 unspecified atom stereocenters.